The first-order chi connectivity index (χ1) is 21.3. The lowest BCUT2D eigenvalue weighted by Crippen LogP contribution is -2.45. The van der Waals surface area contributed by atoms with Crippen LogP contribution in [0.4, 0.5) is 4.79 Å². The van der Waals surface area contributed by atoms with Gasteiger partial charge >= 0.3 is 6.16 Å². The second kappa shape index (κ2) is 15.2. The third-order valence-electron chi connectivity index (χ3n) is 7.51. The van der Waals surface area contributed by atoms with E-state index < -0.39 is 11.8 Å². The molecule has 232 valence electrons. The first kappa shape index (κ1) is 31.5. The molecule has 44 heavy (non-hydrogen) atoms. The number of benzene rings is 4. The largest absolute Gasteiger partial charge is 0.528 e. The van der Waals surface area contributed by atoms with E-state index in [1.807, 2.05) is 63.2 Å². The van der Waals surface area contributed by atoms with Crippen molar-refractivity contribution in [2.24, 2.45) is 0 Å². The molecule has 1 saturated heterocycles. The smallest absolute Gasteiger partial charge is 0.494 e. The molecule has 0 radical (unpaired) electrons. The maximum Gasteiger partial charge on any atom is 0.528 e. The normalized spacial score (nSPS) is 17.3. The number of hydrogen-bond acceptors (Lipinski definition) is 7. The summed E-state index contributed by atoms with van der Waals surface area (Å²) in [5.74, 6) is 0.963. The van der Waals surface area contributed by atoms with E-state index in [2.05, 4.69) is 54.6 Å². The Morgan fingerprint density at radius 3 is 2.34 bits per heavy atom. The lowest BCUT2D eigenvalue weighted by Gasteiger charge is -2.37. The van der Waals surface area contributed by atoms with Gasteiger partial charge in [-0.15, -0.1) is 5.06 Å². The molecule has 0 aromatic heterocycles. The van der Waals surface area contributed by atoms with Crippen molar-refractivity contribution in [2.75, 3.05) is 26.3 Å². The van der Waals surface area contributed by atoms with Crippen LogP contribution in [0.25, 0.3) is 10.8 Å². The molecule has 0 spiro atoms. The van der Waals surface area contributed by atoms with E-state index in [4.69, 9.17) is 23.8 Å². The molecular weight excluding hydrogens is 554 g/mol. The van der Waals surface area contributed by atoms with Crippen LogP contribution in [0.3, 0.4) is 0 Å². The lowest BCUT2D eigenvalue weighted by molar-refractivity contribution is -0.179. The number of ether oxygens (including phenoxy) is 4. The SMILES string of the molecule is CC(C)(C)OC(=O)ON1CCC(c2ccc(OCCCOCc3ccccc3)cc2)C(OCc2ccc3ccccc3c2)C1. The third kappa shape index (κ3) is 9.55. The zero-order valence-corrected chi connectivity index (χ0v) is 25.9. The molecular formula is C37H43NO6. The Morgan fingerprint density at radius 1 is 0.818 bits per heavy atom. The molecule has 0 amide bonds. The summed E-state index contributed by atoms with van der Waals surface area (Å²) >= 11 is 0. The van der Waals surface area contributed by atoms with Gasteiger partial charge in [0.05, 0.1) is 39.1 Å². The molecule has 0 aliphatic carbocycles. The van der Waals surface area contributed by atoms with Crippen LogP contribution in [-0.4, -0.2) is 49.2 Å². The van der Waals surface area contributed by atoms with Gasteiger partial charge < -0.3 is 23.8 Å². The Morgan fingerprint density at radius 2 is 1.57 bits per heavy atom. The highest BCUT2D eigenvalue weighted by atomic mass is 16.8. The summed E-state index contributed by atoms with van der Waals surface area (Å²) in [6.07, 6.45) is 0.696. The van der Waals surface area contributed by atoms with Gasteiger partial charge in [-0.25, -0.2) is 4.79 Å². The molecule has 0 bridgehead atoms. The zero-order valence-electron chi connectivity index (χ0n) is 25.9. The van der Waals surface area contributed by atoms with E-state index in [1.165, 1.54) is 21.9 Å². The number of hydroxylamine groups is 2. The molecule has 2 unspecified atom stereocenters. The molecule has 2 atom stereocenters. The number of fused-ring (bicyclic) bond motifs is 1. The van der Waals surface area contributed by atoms with Crippen molar-refractivity contribution in [3.63, 3.8) is 0 Å². The fourth-order valence-electron chi connectivity index (χ4n) is 5.35. The molecule has 1 aliphatic rings. The van der Waals surface area contributed by atoms with E-state index in [-0.39, 0.29) is 12.0 Å². The van der Waals surface area contributed by atoms with Crippen molar-refractivity contribution in [3.8, 4) is 5.75 Å². The number of carbonyl (C=O) groups excluding carboxylic acids is 1. The summed E-state index contributed by atoms with van der Waals surface area (Å²) in [5, 5.41) is 4.04. The van der Waals surface area contributed by atoms with Crippen molar-refractivity contribution < 1.29 is 28.6 Å². The van der Waals surface area contributed by atoms with Crippen LogP contribution in [0.1, 0.15) is 56.2 Å². The van der Waals surface area contributed by atoms with Gasteiger partial charge in [0.15, 0.2) is 0 Å². The Balaban J connectivity index is 1.17. The van der Waals surface area contributed by atoms with Crippen LogP contribution < -0.4 is 4.74 Å². The van der Waals surface area contributed by atoms with Crippen LogP contribution in [0.2, 0.25) is 0 Å². The Labute approximate surface area is 260 Å². The van der Waals surface area contributed by atoms with E-state index in [1.54, 1.807) is 5.06 Å². The van der Waals surface area contributed by atoms with Crippen molar-refractivity contribution in [1.82, 2.24) is 5.06 Å². The number of carbonyl (C=O) groups is 1. The zero-order chi connectivity index (χ0) is 30.8. The van der Waals surface area contributed by atoms with E-state index in [9.17, 15) is 4.79 Å². The first-order valence-corrected chi connectivity index (χ1v) is 15.4. The minimum Gasteiger partial charge on any atom is -0.494 e. The van der Waals surface area contributed by atoms with Gasteiger partial charge in [-0.2, -0.15) is 0 Å². The van der Waals surface area contributed by atoms with Gasteiger partial charge in [-0.05, 0) is 72.9 Å². The molecule has 4 aromatic carbocycles. The van der Waals surface area contributed by atoms with Crippen molar-refractivity contribution in [3.05, 3.63) is 114 Å². The average Bonchev–Trinajstić information content (AvgIpc) is 3.01. The summed E-state index contributed by atoms with van der Waals surface area (Å²) < 4.78 is 23.7. The second-order valence-corrected chi connectivity index (χ2v) is 12.2. The van der Waals surface area contributed by atoms with Gasteiger partial charge in [0.2, 0.25) is 0 Å². The average molecular weight is 598 g/mol. The van der Waals surface area contributed by atoms with Crippen molar-refractivity contribution in [2.45, 2.75) is 64.4 Å². The predicted molar refractivity (Wildman–Crippen MR) is 171 cm³/mol. The fraction of sp³-hybridized carbons (Fsp3) is 0.378. The second-order valence-electron chi connectivity index (χ2n) is 12.2. The van der Waals surface area contributed by atoms with Crippen LogP contribution in [-0.2, 0) is 32.3 Å². The van der Waals surface area contributed by atoms with Gasteiger partial charge in [0.25, 0.3) is 0 Å². The summed E-state index contributed by atoms with van der Waals surface area (Å²) in [6.45, 7) is 8.80. The third-order valence-corrected chi connectivity index (χ3v) is 7.51. The van der Waals surface area contributed by atoms with Crippen molar-refractivity contribution in [1.29, 1.82) is 0 Å². The highest BCUT2D eigenvalue weighted by Gasteiger charge is 2.34. The number of nitrogens with zero attached hydrogens (tertiary/aromatic N) is 1. The minimum atomic E-state index is -0.698. The van der Waals surface area contributed by atoms with Crippen LogP contribution >= 0.6 is 0 Å². The molecule has 0 N–H and O–H groups in total. The molecule has 7 heteroatoms. The van der Waals surface area contributed by atoms with Crippen molar-refractivity contribution >= 4 is 16.9 Å². The Bertz CT molecular complexity index is 1470. The van der Waals surface area contributed by atoms with Crippen LogP contribution in [0.5, 0.6) is 5.75 Å². The quantitative estimate of drug-likeness (QED) is 0.121. The van der Waals surface area contributed by atoms with Gasteiger partial charge in [0.1, 0.15) is 11.4 Å². The predicted octanol–water partition coefficient (Wildman–Crippen LogP) is 8.07. The first-order valence-electron chi connectivity index (χ1n) is 15.4. The van der Waals surface area contributed by atoms with E-state index in [0.29, 0.717) is 39.5 Å². The van der Waals surface area contributed by atoms with E-state index in [0.717, 1.165) is 24.2 Å². The number of hydrogen-bond donors (Lipinski definition) is 0. The maximum absolute atomic E-state index is 12.4. The maximum atomic E-state index is 12.4. The van der Waals surface area contributed by atoms with Gasteiger partial charge in [-0.1, -0.05) is 78.9 Å². The molecule has 4 aromatic rings. The number of piperidine rings is 1. The van der Waals surface area contributed by atoms with Crippen LogP contribution in [0.15, 0.2) is 97.1 Å². The molecule has 1 fully saturated rings. The summed E-state index contributed by atoms with van der Waals surface area (Å²) in [6, 6.07) is 33.1. The summed E-state index contributed by atoms with van der Waals surface area (Å²) in [7, 11) is 0. The lowest BCUT2D eigenvalue weighted by atomic mass is 9.87. The molecule has 7 nitrogen and oxygen atoms in total. The topological polar surface area (TPSA) is 66.5 Å². The van der Waals surface area contributed by atoms with Gasteiger partial charge in [-0.3, -0.25) is 0 Å². The summed E-state index contributed by atoms with van der Waals surface area (Å²) in [4.78, 5) is 18.0. The fourth-order valence-corrected chi connectivity index (χ4v) is 5.35. The standard InChI is InChI=1S/C37H43NO6/c1-37(2,3)43-36(39)44-38-21-20-34(35(25-38)42-27-29-14-15-30-12-7-8-13-32(30)24-29)31-16-18-33(19-17-31)41-23-9-22-40-26-28-10-5-4-6-11-28/h4-8,10-19,24,34-35H,9,20-23,25-27H2,1-3H3. The highest BCUT2D eigenvalue weighted by molar-refractivity contribution is 5.82. The molecule has 0 saturated carbocycles. The Kier molecular flexibility index (Phi) is 10.9. The molecule has 1 aliphatic heterocycles. The Hall–Kier alpha value is -3.91. The highest BCUT2D eigenvalue weighted by Crippen LogP contribution is 2.33. The number of rotatable bonds is 12. The van der Waals surface area contributed by atoms with E-state index >= 15 is 0 Å². The molecule has 5 rings (SSSR count). The minimum absolute atomic E-state index is 0.134. The van der Waals surface area contributed by atoms with Gasteiger partial charge in [0, 0.05) is 18.9 Å². The monoisotopic (exact) mass is 597 g/mol. The summed E-state index contributed by atoms with van der Waals surface area (Å²) in [5.41, 5.74) is 2.82. The molecule has 1 heterocycles. The van der Waals surface area contributed by atoms with Crippen LogP contribution in [0, 0.1) is 0 Å².